The second-order valence-electron chi connectivity index (χ2n) is 2.10. The van der Waals surface area contributed by atoms with Gasteiger partial charge in [-0.15, -0.1) is 9.81 Å². The zero-order valence-corrected chi connectivity index (χ0v) is 6.63. The molecule has 0 bridgehead atoms. The molecule has 0 atom stereocenters. The number of hydrogen-bond acceptors (Lipinski definition) is 6. The number of nitrogens with zero attached hydrogens (tertiary/aromatic N) is 2. The van der Waals surface area contributed by atoms with Crippen molar-refractivity contribution in [2.24, 2.45) is 10.4 Å². The third kappa shape index (κ3) is 2.69. The largest absolute Gasteiger partial charge is 0.320 e. The van der Waals surface area contributed by atoms with Gasteiger partial charge >= 0.3 is 0 Å². The van der Waals surface area contributed by atoms with E-state index < -0.39 is 5.79 Å². The van der Waals surface area contributed by atoms with E-state index in [1.807, 2.05) is 0 Å². The first-order chi connectivity index (χ1) is 5.24. The maximum Gasteiger partial charge on any atom is 0.285 e. The van der Waals surface area contributed by atoms with E-state index in [0.717, 1.165) is 0 Å². The third-order valence-corrected chi connectivity index (χ3v) is 1.43. The van der Waals surface area contributed by atoms with E-state index >= 15 is 0 Å². The van der Waals surface area contributed by atoms with Crippen molar-refractivity contribution in [3.8, 4) is 0 Å². The van der Waals surface area contributed by atoms with Crippen LogP contribution in [0.1, 0.15) is 6.42 Å². The van der Waals surface area contributed by atoms with E-state index in [-0.39, 0.29) is 6.42 Å². The van der Waals surface area contributed by atoms with E-state index in [1.165, 1.54) is 7.05 Å². The van der Waals surface area contributed by atoms with Crippen molar-refractivity contribution in [2.75, 3.05) is 20.6 Å². The number of rotatable bonds is 6. The zero-order valence-electron chi connectivity index (χ0n) is 6.63. The van der Waals surface area contributed by atoms with Gasteiger partial charge in [-0.3, -0.25) is 5.32 Å². The SMILES string of the molecule is CNCCC(N=O)(N=O)NC. The van der Waals surface area contributed by atoms with E-state index in [2.05, 4.69) is 21.0 Å². The van der Waals surface area contributed by atoms with Crippen LogP contribution in [0.5, 0.6) is 0 Å². The smallest absolute Gasteiger partial charge is 0.285 e. The average Bonchev–Trinajstić information content (AvgIpc) is 2.08. The first-order valence-corrected chi connectivity index (χ1v) is 3.27. The number of nitrogens with one attached hydrogen (secondary N) is 2. The predicted molar refractivity (Wildman–Crippen MR) is 41.9 cm³/mol. The van der Waals surface area contributed by atoms with Crippen LogP contribution in [-0.2, 0) is 0 Å². The molecule has 0 spiro atoms. The topological polar surface area (TPSA) is 82.9 Å². The molecule has 0 amide bonds. The molecule has 0 aliphatic rings. The van der Waals surface area contributed by atoms with Crippen LogP contribution in [0.3, 0.4) is 0 Å². The Labute approximate surface area is 64.7 Å². The molecule has 0 saturated heterocycles. The van der Waals surface area contributed by atoms with Crippen molar-refractivity contribution < 1.29 is 0 Å². The lowest BCUT2D eigenvalue weighted by atomic mass is 10.2. The summed E-state index contributed by atoms with van der Waals surface area (Å²) >= 11 is 0. The van der Waals surface area contributed by atoms with Crippen LogP contribution in [0.2, 0.25) is 0 Å². The molecule has 2 N–H and O–H groups in total. The molecule has 0 heterocycles. The summed E-state index contributed by atoms with van der Waals surface area (Å²) in [5, 5.41) is 10.5. The van der Waals surface area contributed by atoms with Gasteiger partial charge in [0.15, 0.2) is 0 Å². The maximum absolute atomic E-state index is 10.2. The van der Waals surface area contributed by atoms with Crippen LogP contribution in [-0.4, -0.2) is 26.4 Å². The third-order valence-electron chi connectivity index (χ3n) is 1.43. The van der Waals surface area contributed by atoms with Gasteiger partial charge in [0.25, 0.3) is 5.79 Å². The summed E-state index contributed by atoms with van der Waals surface area (Å²) in [6.07, 6.45) is 0.257. The lowest BCUT2D eigenvalue weighted by Crippen LogP contribution is -2.40. The van der Waals surface area contributed by atoms with Crippen molar-refractivity contribution >= 4 is 0 Å². The second kappa shape index (κ2) is 4.86. The summed E-state index contributed by atoms with van der Waals surface area (Å²) in [6, 6.07) is 0. The molecule has 0 saturated carbocycles. The first kappa shape index (κ1) is 10.1. The molecule has 6 nitrogen and oxygen atoms in total. The molecule has 0 aromatic carbocycles. The van der Waals surface area contributed by atoms with Crippen LogP contribution in [0, 0.1) is 9.81 Å². The van der Waals surface area contributed by atoms with Crippen molar-refractivity contribution in [3.63, 3.8) is 0 Å². The van der Waals surface area contributed by atoms with Crippen molar-refractivity contribution in [1.82, 2.24) is 10.6 Å². The molecule has 6 heteroatoms. The quantitative estimate of drug-likeness (QED) is 0.536. The molecule has 11 heavy (non-hydrogen) atoms. The highest BCUT2D eigenvalue weighted by Gasteiger charge is 2.29. The molecule has 0 aliphatic carbocycles. The average molecular weight is 160 g/mol. The molecular weight excluding hydrogens is 148 g/mol. The van der Waals surface area contributed by atoms with Gasteiger partial charge in [0.05, 0.1) is 0 Å². The van der Waals surface area contributed by atoms with Crippen molar-refractivity contribution in [2.45, 2.75) is 12.2 Å². The van der Waals surface area contributed by atoms with Crippen molar-refractivity contribution in [3.05, 3.63) is 9.81 Å². The highest BCUT2D eigenvalue weighted by atomic mass is 16.3. The van der Waals surface area contributed by atoms with Gasteiger partial charge in [-0.25, -0.2) is 0 Å². The fraction of sp³-hybridized carbons (Fsp3) is 1.00. The standard InChI is InChI=1S/C5H12N4O2/c1-6-4-3-5(7-2,8-10)9-11/h6-7H,3-4H2,1-2H3. The summed E-state index contributed by atoms with van der Waals surface area (Å²) in [5.41, 5.74) is 0. The minimum Gasteiger partial charge on any atom is -0.320 e. The molecule has 0 rings (SSSR count). The van der Waals surface area contributed by atoms with Gasteiger partial charge in [0, 0.05) is 13.0 Å². The molecule has 64 valence electrons. The van der Waals surface area contributed by atoms with E-state index in [9.17, 15) is 9.81 Å². The Morgan fingerprint density at radius 1 is 1.27 bits per heavy atom. The van der Waals surface area contributed by atoms with Gasteiger partial charge in [-0.1, -0.05) is 0 Å². The fourth-order valence-corrected chi connectivity index (χ4v) is 0.624. The molecule has 0 radical (unpaired) electrons. The Morgan fingerprint density at radius 2 is 1.82 bits per heavy atom. The van der Waals surface area contributed by atoms with Crippen LogP contribution in [0.15, 0.2) is 10.4 Å². The van der Waals surface area contributed by atoms with Gasteiger partial charge in [0.2, 0.25) is 0 Å². The highest BCUT2D eigenvalue weighted by molar-refractivity contribution is 4.80. The summed E-state index contributed by atoms with van der Waals surface area (Å²) in [5.74, 6) is -1.50. The second-order valence-corrected chi connectivity index (χ2v) is 2.10. The van der Waals surface area contributed by atoms with Crippen molar-refractivity contribution in [1.29, 1.82) is 0 Å². The van der Waals surface area contributed by atoms with Gasteiger partial charge in [-0.05, 0) is 24.4 Å². The number of hydrogen-bond donors (Lipinski definition) is 2. The lowest BCUT2D eigenvalue weighted by molar-refractivity contribution is 0.346. The Bertz CT molecular complexity index is 130. The van der Waals surface area contributed by atoms with Gasteiger partial charge in [0.1, 0.15) is 0 Å². The van der Waals surface area contributed by atoms with Gasteiger partial charge < -0.3 is 5.32 Å². The van der Waals surface area contributed by atoms with E-state index in [4.69, 9.17) is 0 Å². The minimum absolute atomic E-state index is 0.257. The molecular formula is C5H12N4O2. The Hall–Kier alpha value is -0.880. The predicted octanol–water partition coefficient (Wildman–Crippen LogP) is 0.00190. The minimum atomic E-state index is -1.50. The Kier molecular flexibility index (Phi) is 4.47. The number of nitroso groups, excluding NO2 is 2. The molecule has 0 unspecified atom stereocenters. The molecule has 0 aromatic rings. The van der Waals surface area contributed by atoms with E-state index in [1.54, 1.807) is 7.05 Å². The molecule has 0 aliphatic heterocycles. The molecule has 0 fully saturated rings. The first-order valence-electron chi connectivity index (χ1n) is 3.27. The Balaban J connectivity index is 4.05. The van der Waals surface area contributed by atoms with Crippen LogP contribution < -0.4 is 10.6 Å². The Morgan fingerprint density at radius 3 is 2.09 bits per heavy atom. The van der Waals surface area contributed by atoms with E-state index in [0.29, 0.717) is 6.54 Å². The summed E-state index contributed by atoms with van der Waals surface area (Å²) in [6.45, 7) is 0.512. The maximum atomic E-state index is 10.2. The summed E-state index contributed by atoms with van der Waals surface area (Å²) < 4.78 is 0. The fourth-order valence-electron chi connectivity index (χ4n) is 0.624. The van der Waals surface area contributed by atoms with Gasteiger partial charge in [-0.2, -0.15) is 0 Å². The zero-order chi connectivity index (χ0) is 8.74. The van der Waals surface area contributed by atoms with Crippen LogP contribution in [0.4, 0.5) is 0 Å². The summed E-state index contributed by atoms with van der Waals surface area (Å²) in [7, 11) is 3.19. The summed E-state index contributed by atoms with van der Waals surface area (Å²) in [4.78, 5) is 20.3. The molecule has 0 aromatic heterocycles. The monoisotopic (exact) mass is 160 g/mol. The lowest BCUT2D eigenvalue weighted by Gasteiger charge is -2.15. The van der Waals surface area contributed by atoms with Crippen LogP contribution in [0.25, 0.3) is 0 Å². The highest BCUT2D eigenvalue weighted by Crippen LogP contribution is 2.11. The van der Waals surface area contributed by atoms with Crippen LogP contribution >= 0.6 is 0 Å². The normalized spacial score (nSPS) is 11.1.